The van der Waals surface area contributed by atoms with Gasteiger partial charge in [0.15, 0.2) is 5.78 Å². The van der Waals surface area contributed by atoms with Crippen LogP contribution in [0.4, 0.5) is 0 Å². The summed E-state index contributed by atoms with van der Waals surface area (Å²) >= 11 is 7.09. The number of alkyl halides is 1. The molecule has 0 saturated heterocycles. The Morgan fingerprint density at radius 3 is 2.38 bits per heavy atom. The zero-order chi connectivity index (χ0) is 19.6. The van der Waals surface area contributed by atoms with Crippen molar-refractivity contribution in [3.63, 3.8) is 0 Å². The number of esters is 1. The molecule has 0 heterocycles. The first-order chi connectivity index (χ1) is 12.3. The van der Waals surface area contributed by atoms with E-state index >= 15 is 0 Å². The molecule has 0 amide bonds. The molecule has 146 valence electrons. The van der Waals surface area contributed by atoms with Gasteiger partial charge in [-0.3, -0.25) is 9.59 Å². The number of hydrogen-bond acceptors (Lipinski definition) is 5. The Morgan fingerprint density at radius 2 is 1.81 bits per heavy atom. The van der Waals surface area contributed by atoms with Crippen LogP contribution in [0, 0.1) is 0 Å². The SMILES string of the molecule is CCCC(Br)(CC)C(=O)c1ccc(OCCOCCOC(C)=O)c(Br)c1. The Morgan fingerprint density at radius 1 is 1.12 bits per heavy atom. The number of halogens is 2. The molecule has 0 fully saturated rings. The Balaban J connectivity index is 2.54. The quantitative estimate of drug-likeness (QED) is 0.179. The number of benzene rings is 1. The third-order valence-electron chi connectivity index (χ3n) is 3.83. The average Bonchev–Trinajstić information content (AvgIpc) is 2.61. The minimum atomic E-state index is -0.515. The van der Waals surface area contributed by atoms with Crippen LogP contribution in [0.2, 0.25) is 0 Å². The Kier molecular flexibility index (Phi) is 10.4. The van der Waals surface area contributed by atoms with Crippen LogP contribution in [0.5, 0.6) is 5.75 Å². The summed E-state index contributed by atoms with van der Waals surface area (Å²) in [6, 6.07) is 5.36. The summed E-state index contributed by atoms with van der Waals surface area (Å²) in [4.78, 5) is 23.4. The summed E-state index contributed by atoms with van der Waals surface area (Å²) in [6.45, 7) is 6.75. The van der Waals surface area contributed by atoms with Crippen LogP contribution in [-0.4, -0.2) is 42.5 Å². The van der Waals surface area contributed by atoms with Crippen LogP contribution in [0.3, 0.4) is 0 Å². The number of rotatable bonds is 12. The molecule has 1 rings (SSSR count). The average molecular weight is 494 g/mol. The van der Waals surface area contributed by atoms with Crippen LogP contribution in [-0.2, 0) is 14.3 Å². The third-order valence-corrected chi connectivity index (χ3v) is 5.76. The molecule has 1 aromatic rings. The standard InChI is InChI=1S/C19H26Br2O5/c1-4-8-19(21,5-2)18(23)15-6-7-17(16(20)13-15)26-12-10-24-9-11-25-14(3)22/h6-7,13H,4-5,8-12H2,1-3H3. The summed E-state index contributed by atoms with van der Waals surface area (Å²) in [6.07, 6.45) is 2.47. The normalized spacial score (nSPS) is 13.1. The van der Waals surface area contributed by atoms with Gasteiger partial charge in [-0.1, -0.05) is 36.2 Å². The van der Waals surface area contributed by atoms with E-state index in [2.05, 4.69) is 38.8 Å². The number of ketones is 1. The molecule has 7 heteroatoms. The fourth-order valence-corrected chi connectivity index (χ4v) is 3.54. The van der Waals surface area contributed by atoms with Gasteiger partial charge < -0.3 is 14.2 Å². The van der Waals surface area contributed by atoms with Crippen molar-refractivity contribution in [1.29, 1.82) is 0 Å². The molecule has 5 nitrogen and oxygen atoms in total. The number of Topliss-reactive ketones (excluding diaryl/α,β-unsaturated/α-hetero) is 1. The minimum Gasteiger partial charge on any atom is -0.490 e. The summed E-state index contributed by atoms with van der Waals surface area (Å²) in [5, 5.41) is 0. The second-order valence-electron chi connectivity index (χ2n) is 5.84. The van der Waals surface area contributed by atoms with Crippen molar-refractivity contribution in [2.75, 3.05) is 26.4 Å². The molecule has 1 unspecified atom stereocenters. The number of hydrogen-bond donors (Lipinski definition) is 0. The van der Waals surface area contributed by atoms with Gasteiger partial charge in [-0.25, -0.2) is 0 Å². The van der Waals surface area contributed by atoms with Crippen molar-refractivity contribution in [3.05, 3.63) is 28.2 Å². The maximum absolute atomic E-state index is 12.8. The van der Waals surface area contributed by atoms with E-state index in [9.17, 15) is 9.59 Å². The smallest absolute Gasteiger partial charge is 0.302 e. The maximum Gasteiger partial charge on any atom is 0.302 e. The highest BCUT2D eigenvalue weighted by Crippen LogP contribution is 2.34. The van der Waals surface area contributed by atoms with Gasteiger partial charge in [0.05, 0.1) is 22.0 Å². The minimum absolute atomic E-state index is 0.0860. The lowest BCUT2D eigenvalue weighted by atomic mass is 9.91. The fourth-order valence-electron chi connectivity index (χ4n) is 2.42. The molecule has 26 heavy (non-hydrogen) atoms. The second-order valence-corrected chi connectivity index (χ2v) is 8.22. The van der Waals surface area contributed by atoms with Crippen LogP contribution < -0.4 is 4.74 Å². The third kappa shape index (κ3) is 7.37. The van der Waals surface area contributed by atoms with Crippen molar-refractivity contribution in [1.82, 2.24) is 0 Å². The summed E-state index contributed by atoms with van der Waals surface area (Å²) in [5.74, 6) is 0.415. The maximum atomic E-state index is 12.8. The number of carbonyl (C=O) groups excluding carboxylic acids is 2. The predicted molar refractivity (Wildman–Crippen MR) is 108 cm³/mol. The second kappa shape index (κ2) is 11.7. The lowest BCUT2D eigenvalue weighted by molar-refractivity contribution is -0.142. The van der Waals surface area contributed by atoms with Gasteiger partial charge in [0, 0.05) is 12.5 Å². The van der Waals surface area contributed by atoms with Crippen molar-refractivity contribution in [3.8, 4) is 5.75 Å². The highest BCUT2D eigenvalue weighted by atomic mass is 79.9. The largest absolute Gasteiger partial charge is 0.490 e. The molecule has 0 saturated carbocycles. The van der Waals surface area contributed by atoms with E-state index < -0.39 is 4.32 Å². The number of ether oxygens (including phenoxy) is 3. The van der Waals surface area contributed by atoms with Gasteiger partial charge in [0.1, 0.15) is 19.0 Å². The molecule has 0 N–H and O–H groups in total. The van der Waals surface area contributed by atoms with Crippen LogP contribution >= 0.6 is 31.9 Å². The highest BCUT2D eigenvalue weighted by Gasteiger charge is 2.33. The molecular formula is C19H26Br2O5. The van der Waals surface area contributed by atoms with Crippen LogP contribution in [0.25, 0.3) is 0 Å². The van der Waals surface area contributed by atoms with E-state index in [1.54, 1.807) is 18.2 Å². The van der Waals surface area contributed by atoms with E-state index in [1.807, 2.05) is 6.92 Å². The van der Waals surface area contributed by atoms with Crippen molar-refractivity contribution in [2.24, 2.45) is 0 Å². The summed E-state index contributed by atoms with van der Waals surface area (Å²) < 4.78 is 16.0. The van der Waals surface area contributed by atoms with E-state index in [4.69, 9.17) is 14.2 Å². The molecule has 0 spiro atoms. The topological polar surface area (TPSA) is 61.8 Å². The molecule has 0 aliphatic carbocycles. The molecule has 0 aromatic heterocycles. The van der Waals surface area contributed by atoms with E-state index in [-0.39, 0.29) is 18.4 Å². The lowest BCUT2D eigenvalue weighted by Gasteiger charge is -2.24. The summed E-state index contributed by atoms with van der Waals surface area (Å²) in [5.41, 5.74) is 0.647. The van der Waals surface area contributed by atoms with Crippen molar-refractivity contribution < 1.29 is 23.8 Å². The molecular weight excluding hydrogens is 468 g/mol. The van der Waals surface area contributed by atoms with Gasteiger partial charge in [0.25, 0.3) is 0 Å². The van der Waals surface area contributed by atoms with E-state index in [0.717, 1.165) is 23.7 Å². The first kappa shape index (κ1) is 23.1. The zero-order valence-electron chi connectivity index (χ0n) is 15.5. The van der Waals surface area contributed by atoms with Gasteiger partial charge in [0.2, 0.25) is 0 Å². The number of carbonyl (C=O) groups is 2. The molecule has 0 radical (unpaired) electrons. The Hall–Kier alpha value is -0.920. The molecule has 0 aliphatic rings. The lowest BCUT2D eigenvalue weighted by Crippen LogP contribution is -2.31. The summed E-state index contributed by atoms with van der Waals surface area (Å²) in [7, 11) is 0. The Bertz CT molecular complexity index is 606. The van der Waals surface area contributed by atoms with E-state index in [0.29, 0.717) is 31.1 Å². The molecule has 0 bridgehead atoms. The van der Waals surface area contributed by atoms with Crippen molar-refractivity contribution in [2.45, 2.75) is 44.4 Å². The fraction of sp³-hybridized carbons (Fsp3) is 0.579. The van der Waals surface area contributed by atoms with Crippen molar-refractivity contribution >= 4 is 43.6 Å². The monoisotopic (exact) mass is 492 g/mol. The van der Waals surface area contributed by atoms with Gasteiger partial charge >= 0.3 is 5.97 Å². The molecule has 0 aliphatic heterocycles. The molecule has 1 aromatic carbocycles. The van der Waals surface area contributed by atoms with E-state index in [1.165, 1.54) is 6.92 Å². The van der Waals surface area contributed by atoms with Crippen LogP contribution in [0.1, 0.15) is 50.4 Å². The first-order valence-corrected chi connectivity index (χ1v) is 10.3. The van der Waals surface area contributed by atoms with Gasteiger partial charge in [-0.2, -0.15) is 0 Å². The molecule has 1 atom stereocenters. The van der Waals surface area contributed by atoms with Gasteiger partial charge in [-0.15, -0.1) is 0 Å². The highest BCUT2D eigenvalue weighted by molar-refractivity contribution is 9.10. The zero-order valence-corrected chi connectivity index (χ0v) is 18.7. The van der Waals surface area contributed by atoms with Crippen LogP contribution in [0.15, 0.2) is 22.7 Å². The van der Waals surface area contributed by atoms with Gasteiger partial charge in [-0.05, 0) is 47.0 Å². The first-order valence-electron chi connectivity index (χ1n) is 8.71. The predicted octanol–water partition coefficient (Wildman–Crippen LogP) is 4.93. The Labute approximate surface area is 172 Å².